The lowest BCUT2D eigenvalue weighted by Gasteiger charge is -2.29. The highest BCUT2D eigenvalue weighted by atomic mass is 16.1. The first-order chi connectivity index (χ1) is 9.08. The van der Waals surface area contributed by atoms with Crippen molar-refractivity contribution in [2.75, 3.05) is 0 Å². The van der Waals surface area contributed by atoms with Crippen LogP contribution in [0.5, 0.6) is 0 Å². The highest BCUT2D eigenvalue weighted by molar-refractivity contribution is 6.04. The zero-order valence-corrected chi connectivity index (χ0v) is 11.9. The average molecular weight is 254 g/mol. The summed E-state index contributed by atoms with van der Waals surface area (Å²) < 4.78 is 0. The van der Waals surface area contributed by atoms with Crippen LogP contribution in [0.3, 0.4) is 0 Å². The molecule has 0 saturated heterocycles. The van der Waals surface area contributed by atoms with Crippen LogP contribution in [0, 0.1) is 11.8 Å². The zero-order valence-electron chi connectivity index (χ0n) is 11.9. The molecule has 100 valence electrons. The molecule has 0 aliphatic heterocycles. The summed E-state index contributed by atoms with van der Waals surface area (Å²) >= 11 is 0. The van der Waals surface area contributed by atoms with Crippen molar-refractivity contribution in [3.05, 3.63) is 59.7 Å². The van der Waals surface area contributed by atoms with Crippen LogP contribution in [-0.4, -0.2) is 5.78 Å². The van der Waals surface area contributed by atoms with Gasteiger partial charge in [-0.3, -0.25) is 4.79 Å². The van der Waals surface area contributed by atoms with Crippen LogP contribution in [0.2, 0.25) is 0 Å². The Morgan fingerprint density at radius 1 is 1.26 bits per heavy atom. The summed E-state index contributed by atoms with van der Waals surface area (Å²) in [6.45, 7) is 8.38. The van der Waals surface area contributed by atoms with Crippen LogP contribution in [-0.2, 0) is 0 Å². The Bertz CT molecular complexity index is 496. The molecular weight excluding hydrogens is 232 g/mol. The molecule has 19 heavy (non-hydrogen) atoms. The van der Waals surface area contributed by atoms with Gasteiger partial charge in [-0.2, -0.15) is 0 Å². The Labute approximate surface area is 116 Å². The quantitative estimate of drug-likeness (QED) is 0.430. The molecule has 1 aliphatic carbocycles. The number of carbonyl (C=O) groups excluding carboxylic acids is 1. The summed E-state index contributed by atoms with van der Waals surface area (Å²) in [7, 11) is 0. The first kappa shape index (κ1) is 13.8. The van der Waals surface area contributed by atoms with Gasteiger partial charge in [-0.15, -0.1) is 0 Å². The molecule has 0 aromatic heterocycles. The van der Waals surface area contributed by atoms with Crippen LogP contribution in [0.1, 0.15) is 43.5 Å². The first-order valence-corrected chi connectivity index (χ1v) is 7.03. The van der Waals surface area contributed by atoms with Gasteiger partial charge in [0.2, 0.25) is 0 Å². The molecule has 2 unspecified atom stereocenters. The molecule has 1 heteroatoms. The van der Waals surface area contributed by atoms with Gasteiger partial charge in [0, 0.05) is 5.56 Å². The molecule has 2 rings (SSSR count). The SMILES string of the molecule is C=C(C)C1CCC(C)/C(=C/C(=O)c2ccccc2)C1. The van der Waals surface area contributed by atoms with E-state index in [1.165, 1.54) is 17.6 Å². The number of allylic oxidation sites excluding steroid dienone is 3. The van der Waals surface area contributed by atoms with Crippen LogP contribution in [0.15, 0.2) is 54.1 Å². The predicted molar refractivity (Wildman–Crippen MR) is 80.2 cm³/mol. The summed E-state index contributed by atoms with van der Waals surface area (Å²) in [5.41, 5.74) is 3.30. The second kappa shape index (κ2) is 6.01. The molecule has 1 saturated carbocycles. The molecule has 2 atom stereocenters. The van der Waals surface area contributed by atoms with Gasteiger partial charge in [0.1, 0.15) is 0 Å². The summed E-state index contributed by atoms with van der Waals surface area (Å²) in [5.74, 6) is 1.19. The van der Waals surface area contributed by atoms with Crippen molar-refractivity contribution in [3.8, 4) is 0 Å². The number of rotatable bonds is 3. The normalized spacial score (nSPS) is 25.3. The second-order valence-electron chi connectivity index (χ2n) is 5.68. The van der Waals surface area contributed by atoms with E-state index in [1.807, 2.05) is 36.4 Å². The third-order valence-electron chi connectivity index (χ3n) is 4.13. The highest BCUT2D eigenvalue weighted by Gasteiger charge is 2.23. The van der Waals surface area contributed by atoms with E-state index in [0.29, 0.717) is 11.8 Å². The summed E-state index contributed by atoms with van der Waals surface area (Å²) in [6, 6.07) is 9.51. The lowest BCUT2D eigenvalue weighted by atomic mass is 9.76. The lowest BCUT2D eigenvalue weighted by Crippen LogP contribution is -2.17. The smallest absolute Gasteiger partial charge is 0.185 e. The van der Waals surface area contributed by atoms with E-state index in [9.17, 15) is 4.79 Å². The van der Waals surface area contributed by atoms with Gasteiger partial charge in [-0.25, -0.2) is 0 Å². The van der Waals surface area contributed by atoms with Gasteiger partial charge in [-0.1, -0.05) is 55.0 Å². The highest BCUT2D eigenvalue weighted by Crippen LogP contribution is 2.36. The summed E-state index contributed by atoms with van der Waals surface area (Å²) in [4.78, 5) is 12.2. The molecule has 0 heterocycles. The largest absolute Gasteiger partial charge is 0.289 e. The van der Waals surface area contributed by atoms with Gasteiger partial charge >= 0.3 is 0 Å². The van der Waals surface area contributed by atoms with Crippen molar-refractivity contribution in [1.29, 1.82) is 0 Å². The van der Waals surface area contributed by atoms with Crippen molar-refractivity contribution in [2.45, 2.75) is 33.1 Å². The molecule has 1 nitrogen and oxygen atoms in total. The van der Waals surface area contributed by atoms with E-state index in [1.54, 1.807) is 0 Å². The molecule has 0 amide bonds. The summed E-state index contributed by atoms with van der Waals surface area (Å²) in [5, 5.41) is 0. The monoisotopic (exact) mass is 254 g/mol. The van der Waals surface area contributed by atoms with Crippen molar-refractivity contribution >= 4 is 5.78 Å². The van der Waals surface area contributed by atoms with E-state index in [0.717, 1.165) is 18.4 Å². The van der Waals surface area contributed by atoms with Gasteiger partial charge in [0.15, 0.2) is 5.78 Å². The Hall–Kier alpha value is -1.63. The maximum atomic E-state index is 12.2. The zero-order chi connectivity index (χ0) is 13.8. The van der Waals surface area contributed by atoms with Crippen molar-refractivity contribution < 1.29 is 4.79 Å². The van der Waals surface area contributed by atoms with E-state index in [-0.39, 0.29) is 5.78 Å². The fourth-order valence-corrected chi connectivity index (χ4v) is 2.70. The molecule has 0 spiro atoms. The fourth-order valence-electron chi connectivity index (χ4n) is 2.70. The van der Waals surface area contributed by atoms with Crippen molar-refractivity contribution in [3.63, 3.8) is 0 Å². The topological polar surface area (TPSA) is 17.1 Å². The molecule has 0 bridgehead atoms. The number of hydrogen-bond donors (Lipinski definition) is 0. The molecule has 1 aliphatic rings. The van der Waals surface area contributed by atoms with Crippen LogP contribution < -0.4 is 0 Å². The Morgan fingerprint density at radius 2 is 1.95 bits per heavy atom. The number of benzene rings is 1. The third kappa shape index (κ3) is 3.44. The maximum Gasteiger partial charge on any atom is 0.185 e. The molecule has 1 aromatic carbocycles. The molecular formula is C18H22O. The lowest BCUT2D eigenvalue weighted by molar-refractivity contribution is 0.104. The molecule has 1 fully saturated rings. The third-order valence-corrected chi connectivity index (χ3v) is 4.13. The van der Waals surface area contributed by atoms with E-state index >= 15 is 0 Å². The Kier molecular flexibility index (Phi) is 4.36. The Balaban J connectivity index is 2.17. The van der Waals surface area contributed by atoms with E-state index in [2.05, 4.69) is 20.4 Å². The van der Waals surface area contributed by atoms with Gasteiger partial charge in [0.05, 0.1) is 0 Å². The fraction of sp³-hybridized carbons (Fsp3) is 0.389. The minimum atomic E-state index is 0.129. The van der Waals surface area contributed by atoms with Crippen LogP contribution >= 0.6 is 0 Å². The van der Waals surface area contributed by atoms with Gasteiger partial charge < -0.3 is 0 Å². The van der Waals surface area contributed by atoms with Crippen molar-refractivity contribution in [1.82, 2.24) is 0 Å². The van der Waals surface area contributed by atoms with E-state index < -0.39 is 0 Å². The van der Waals surface area contributed by atoms with Crippen LogP contribution in [0.4, 0.5) is 0 Å². The van der Waals surface area contributed by atoms with Crippen LogP contribution in [0.25, 0.3) is 0 Å². The molecule has 0 N–H and O–H groups in total. The standard InChI is InChI=1S/C18H22O/c1-13(2)16-10-9-14(3)17(11-16)12-18(19)15-7-5-4-6-8-15/h4-8,12,14,16H,1,9-11H2,2-3H3/b17-12+. The number of ketones is 1. The average Bonchev–Trinajstić information content (AvgIpc) is 2.42. The van der Waals surface area contributed by atoms with Crippen molar-refractivity contribution in [2.24, 2.45) is 11.8 Å². The Morgan fingerprint density at radius 3 is 2.58 bits per heavy atom. The minimum Gasteiger partial charge on any atom is -0.289 e. The van der Waals surface area contributed by atoms with Gasteiger partial charge in [-0.05, 0) is 44.1 Å². The van der Waals surface area contributed by atoms with Gasteiger partial charge in [0.25, 0.3) is 0 Å². The molecule has 1 aromatic rings. The first-order valence-electron chi connectivity index (χ1n) is 7.03. The van der Waals surface area contributed by atoms with E-state index in [4.69, 9.17) is 0 Å². The predicted octanol–water partition coefficient (Wildman–Crippen LogP) is 4.81. The molecule has 0 radical (unpaired) electrons. The second-order valence-corrected chi connectivity index (χ2v) is 5.68. The maximum absolute atomic E-state index is 12.2. The number of hydrogen-bond acceptors (Lipinski definition) is 1. The number of carbonyl (C=O) groups is 1. The summed E-state index contributed by atoms with van der Waals surface area (Å²) in [6.07, 6.45) is 5.21. The minimum absolute atomic E-state index is 0.129.